The van der Waals surface area contributed by atoms with Gasteiger partial charge in [-0.25, -0.2) is 4.68 Å². The summed E-state index contributed by atoms with van der Waals surface area (Å²) in [6.45, 7) is 1.80. The van der Waals surface area contributed by atoms with E-state index in [1.807, 2.05) is 24.3 Å². The first kappa shape index (κ1) is 16.3. The van der Waals surface area contributed by atoms with Gasteiger partial charge in [0.1, 0.15) is 6.04 Å². The molecule has 26 heavy (non-hydrogen) atoms. The molecule has 3 N–H and O–H groups in total. The molecule has 0 bridgehead atoms. The average molecular weight is 367 g/mol. The van der Waals surface area contributed by atoms with Crippen molar-refractivity contribution >= 4 is 23.5 Å². The Balaban J connectivity index is 1.88. The first-order chi connectivity index (χ1) is 12.5. The maximum absolute atomic E-state index is 12.1. The summed E-state index contributed by atoms with van der Waals surface area (Å²) in [5.74, 6) is 0.531. The van der Waals surface area contributed by atoms with Gasteiger partial charge < -0.3 is 11.1 Å². The molecule has 0 radical (unpaired) electrons. The van der Waals surface area contributed by atoms with Gasteiger partial charge in [0.2, 0.25) is 11.9 Å². The van der Waals surface area contributed by atoms with Crippen LogP contribution in [0, 0.1) is 0 Å². The number of carbonyl (C=O) groups is 1. The minimum Gasteiger partial charge on any atom is -0.366 e. The zero-order valence-electron chi connectivity index (χ0n) is 13.8. The van der Waals surface area contributed by atoms with Crippen molar-refractivity contribution < 1.29 is 4.79 Å². The second-order valence-electron chi connectivity index (χ2n) is 5.93. The van der Waals surface area contributed by atoms with Gasteiger partial charge in [0.25, 0.3) is 0 Å². The quantitative estimate of drug-likeness (QED) is 0.742. The van der Waals surface area contributed by atoms with E-state index in [-0.39, 0.29) is 0 Å². The Hall–Kier alpha value is -3.19. The Morgan fingerprint density at radius 2 is 2.04 bits per heavy atom. The average Bonchev–Trinajstić information content (AvgIpc) is 3.05. The fourth-order valence-electron chi connectivity index (χ4n) is 3.04. The highest BCUT2D eigenvalue weighted by Gasteiger charge is 2.33. The van der Waals surface area contributed by atoms with Crippen molar-refractivity contribution in [3.63, 3.8) is 0 Å². The molecule has 0 aliphatic carbocycles. The smallest absolute Gasteiger partial charge is 0.248 e. The van der Waals surface area contributed by atoms with E-state index in [1.165, 1.54) is 0 Å². The molecule has 3 heterocycles. The summed E-state index contributed by atoms with van der Waals surface area (Å²) >= 11 is 6.00. The van der Waals surface area contributed by atoms with Gasteiger partial charge in [-0.3, -0.25) is 9.78 Å². The Kier molecular flexibility index (Phi) is 3.93. The molecular weight excluding hydrogens is 352 g/mol. The minimum atomic E-state index is -0.515. The van der Waals surface area contributed by atoms with Crippen LogP contribution in [0.2, 0.25) is 5.02 Å². The predicted molar refractivity (Wildman–Crippen MR) is 98.4 cm³/mol. The number of aromatic nitrogens is 4. The van der Waals surface area contributed by atoms with Crippen molar-refractivity contribution in [1.82, 2.24) is 19.7 Å². The second-order valence-corrected chi connectivity index (χ2v) is 6.36. The lowest BCUT2D eigenvalue weighted by Gasteiger charge is -2.27. The van der Waals surface area contributed by atoms with Crippen molar-refractivity contribution in [1.29, 1.82) is 0 Å². The summed E-state index contributed by atoms with van der Waals surface area (Å²) in [6, 6.07) is 10.4. The predicted octanol–water partition coefficient (Wildman–Crippen LogP) is 2.77. The van der Waals surface area contributed by atoms with Crippen LogP contribution < -0.4 is 11.1 Å². The molecule has 0 saturated carbocycles. The van der Waals surface area contributed by atoms with Gasteiger partial charge in [-0.05, 0) is 36.8 Å². The number of nitrogens with one attached hydrogen (secondary N) is 1. The Bertz CT molecular complexity index is 1010. The topological polar surface area (TPSA) is 98.7 Å². The summed E-state index contributed by atoms with van der Waals surface area (Å²) < 4.78 is 1.67. The molecule has 3 aromatic rings. The molecule has 1 aromatic carbocycles. The fourth-order valence-corrected chi connectivity index (χ4v) is 3.17. The van der Waals surface area contributed by atoms with Crippen molar-refractivity contribution in [2.45, 2.75) is 13.0 Å². The van der Waals surface area contributed by atoms with Crippen LogP contribution in [0.5, 0.6) is 0 Å². The van der Waals surface area contributed by atoms with Crippen molar-refractivity contribution in [3.8, 4) is 11.4 Å². The third-order valence-corrected chi connectivity index (χ3v) is 4.48. The zero-order chi connectivity index (χ0) is 18.3. The van der Waals surface area contributed by atoms with Crippen LogP contribution in [0.15, 0.2) is 60.1 Å². The van der Waals surface area contributed by atoms with E-state index in [4.69, 9.17) is 17.3 Å². The third kappa shape index (κ3) is 2.72. The van der Waals surface area contributed by atoms with Gasteiger partial charge in [-0.2, -0.15) is 4.98 Å². The zero-order valence-corrected chi connectivity index (χ0v) is 14.6. The van der Waals surface area contributed by atoms with Gasteiger partial charge in [0.15, 0.2) is 5.82 Å². The molecule has 0 spiro atoms. The van der Waals surface area contributed by atoms with E-state index in [0.717, 1.165) is 11.1 Å². The molecule has 130 valence electrons. The number of nitrogens with zero attached hydrogens (tertiary/aromatic N) is 4. The van der Waals surface area contributed by atoms with Crippen LogP contribution in [0.3, 0.4) is 0 Å². The number of hydrogen-bond donors (Lipinski definition) is 2. The lowest BCUT2D eigenvalue weighted by Crippen LogP contribution is -2.31. The highest BCUT2D eigenvalue weighted by Crippen LogP contribution is 2.36. The number of rotatable bonds is 3. The van der Waals surface area contributed by atoms with Crippen molar-refractivity contribution in [2.75, 3.05) is 5.32 Å². The SMILES string of the molecule is CC1=C(C(N)=O)C(c2ccc(Cl)cc2)n2nc(-c3cccnc3)nc2N1. The van der Waals surface area contributed by atoms with Gasteiger partial charge >= 0.3 is 0 Å². The number of pyridine rings is 1. The molecule has 8 heteroatoms. The molecule has 1 unspecified atom stereocenters. The highest BCUT2D eigenvalue weighted by molar-refractivity contribution is 6.30. The minimum absolute atomic E-state index is 0.433. The first-order valence-electron chi connectivity index (χ1n) is 7.94. The Labute approximate surface area is 154 Å². The standard InChI is InChI=1S/C18H15ClN6O/c1-10-14(16(20)26)15(11-4-6-13(19)7-5-11)25-18(22-10)23-17(24-25)12-3-2-8-21-9-12/h2-9,15H,1H3,(H2,20,26)(H,22,23,24). The molecule has 7 nitrogen and oxygen atoms in total. The third-order valence-electron chi connectivity index (χ3n) is 4.22. The highest BCUT2D eigenvalue weighted by atomic mass is 35.5. The second kappa shape index (κ2) is 6.27. The van der Waals surface area contributed by atoms with E-state index in [9.17, 15) is 4.79 Å². The number of anilines is 1. The summed E-state index contributed by atoms with van der Waals surface area (Å²) in [6.07, 6.45) is 3.37. The largest absolute Gasteiger partial charge is 0.366 e. The van der Waals surface area contributed by atoms with Crippen LogP contribution >= 0.6 is 11.6 Å². The van der Waals surface area contributed by atoms with E-state index in [0.29, 0.717) is 28.1 Å². The number of allylic oxidation sites excluding steroid dienone is 1. The summed E-state index contributed by atoms with van der Waals surface area (Å²) in [5, 5.41) is 8.32. The molecule has 1 atom stereocenters. The van der Waals surface area contributed by atoms with E-state index in [1.54, 1.807) is 36.1 Å². The van der Waals surface area contributed by atoms with Crippen LogP contribution in [-0.4, -0.2) is 25.7 Å². The van der Waals surface area contributed by atoms with Crippen LogP contribution in [-0.2, 0) is 4.79 Å². The Morgan fingerprint density at radius 1 is 1.27 bits per heavy atom. The van der Waals surface area contributed by atoms with Gasteiger partial charge in [-0.15, -0.1) is 5.10 Å². The van der Waals surface area contributed by atoms with Crippen LogP contribution in [0.25, 0.3) is 11.4 Å². The van der Waals surface area contributed by atoms with Gasteiger partial charge in [0.05, 0.1) is 5.57 Å². The maximum atomic E-state index is 12.1. The summed E-state index contributed by atoms with van der Waals surface area (Å²) in [7, 11) is 0. The molecule has 4 rings (SSSR count). The molecule has 2 aromatic heterocycles. The number of amides is 1. The number of hydrogen-bond acceptors (Lipinski definition) is 5. The summed E-state index contributed by atoms with van der Waals surface area (Å²) in [4.78, 5) is 20.8. The normalized spacial score (nSPS) is 16.2. The number of halogens is 1. The van der Waals surface area contributed by atoms with E-state index >= 15 is 0 Å². The molecule has 0 fully saturated rings. The molecule has 1 aliphatic rings. The van der Waals surface area contributed by atoms with Crippen LogP contribution in [0.4, 0.5) is 5.95 Å². The number of benzene rings is 1. The van der Waals surface area contributed by atoms with Gasteiger partial charge in [-0.1, -0.05) is 23.7 Å². The number of carbonyl (C=O) groups excluding carboxylic acids is 1. The van der Waals surface area contributed by atoms with E-state index in [2.05, 4.69) is 20.4 Å². The van der Waals surface area contributed by atoms with Crippen molar-refractivity contribution in [3.05, 3.63) is 70.6 Å². The number of primary amides is 1. The number of fused-ring (bicyclic) bond motifs is 1. The molecule has 0 saturated heterocycles. The van der Waals surface area contributed by atoms with Gasteiger partial charge in [0, 0.05) is 28.7 Å². The lowest BCUT2D eigenvalue weighted by atomic mass is 9.95. The molecular formula is C18H15ClN6O. The van der Waals surface area contributed by atoms with E-state index < -0.39 is 11.9 Å². The molecule has 1 amide bonds. The lowest BCUT2D eigenvalue weighted by molar-refractivity contribution is -0.115. The maximum Gasteiger partial charge on any atom is 0.248 e. The van der Waals surface area contributed by atoms with Crippen LogP contribution in [0.1, 0.15) is 18.5 Å². The monoisotopic (exact) mass is 366 g/mol. The Morgan fingerprint density at radius 3 is 2.69 bits per heavy atom. The van der Waals surface area contributed by atoms with Crippen molar-refractivity contribution in [2.24, 2.45) is 5.73 Å². The molecule has 1 aliphatic heterocycles. The first-order valence-corrected chi connectivity index (χ1v) is 8.32. The number of nitrogens with two attached hydrogens (primary N) is 1. The summed E-state index contributed by atoms with van der Waals surface area (Å²) in [5.41, 5.74) is 8.36. The fraction of sp³-hybridized carbons (Fsp3) is 0.111.